The van der Waals surface area contributed by atoms with Gasteiger partial charge >= 0.3 is 5.97 Å². The van der Waals surface area contributed by atoms with Crippen molar-refractivity contribution in [3.63, 3.8) is 0 Å². The smallest absolute Gasteiger partial charge is 0.338 e. The number of carbonyl (C=O) groups is 2. The standard InChI is InChI=1S/C22H23ClN4O4S/c1-12-10-18(19(30-4)11-17(12)23)24-20(28)13(2)31-21(29)15-6-8-16(9-7-15)27-14(3)25-26-22(27)32-5/h6-11,13H,1-5H3,(H,24,28). The molecule has 0 aliphatic heterocycles. The molecule has 0 radical (unpaired) electrons. The Morgan fingerprint density at radius 2 is 1.84 bits per heavy atom. The van der Waals surface area contributed by atoms with Gasteiger partial charge in [-0.2, -0.15) is 0 Å². The maximum Gasteiger partial charge on any atom is 0.338 e. The largest absolute Gasteiger partial charge is 0.495 e. The molecular formula is C22H23ClN4O4S. The van der Waals surface area contributed by atoms with E-state index in [1.807, 2.05) is 24.7 Å². The Kier molecular flexibility index (Phi) is 7.42. The molecule has 0 bridgehead atoms. The number of aryl methyl sites for hydroxylation is 2. The number of methoxy groups -OCH3 is 1. The first-order valence-corrected chi connectivity index (χ1v) is 11.3. The van der Waals surface area contributed by atoms with Gasteiger partial charge in [0.25, 0.3) is 5.91 Å². The van der Waals surface area contributed by atoms with E-state index < -0.39 is 18.0 Å². The minimum absolute atomic E-state index is 0.324. The summed E-state index contributed by atoms with van der Waals surface area (Å²) in [7, 11) is 1.48. The van der Waals surface area contributed by atoms with Gasteiger partial charge in [0.15, 0.2) is 11.3 Å². The van der Waals surface area contributed by atoms with Crippen molar-refractivity contribution >= 4 is 40.9 Å². The van der Waals surface area contributed by atoms with Crippen LogP contribution in [0.15, 0.2) is 41.6 Å². The highest BCUT2D eigenvalue weighted by atomic mass is 35.5. The van der Waals surface area contributed by atoms with Crippen molar-refractivity contribution in [2.75, 3.05) is 18.7 Å². The van der Waals surface area contributed by atoms with Crippen molar-refractivity contribution in [2.45, 2.75) is 32.0 Å². The molecule has 32 heavy (non-hydrogen) atoms. The van der Waals surface area contributed by atoms with Crippen LogP contribution in [0.1, 0.15) is 28.7 Å². The van der Waals surface area contributed by atoms with E-state index in [0.717, 1.165) is 22.2 Å². The van der Waals surface area contributed by atoms with Crippen LogP contribution < -0.4 is 10.1 Å². The molecule has 0 aliphatic rings. The molecule has 3 rings (SSSR count). The Hall–Kier alpha value is -3.04. The average Bonchev–Trinajstić information content (AvgIpc) is 3.16. The third-order valence-electron chi connectivity index (χ3n) is 4.73. The number of ether oxygens (including phenoxy) is 2. The molecular weight excluding hydrogens is 452 g/mol. The second-order valence-electron chi connectivity index (χ2n) is 6.95. The fraction of sp³-hybridized carbons (Fsp3) is 0.273. The van der Waals surface area contributed by atoms with Crippen molar-refractivity contribution in [2.24, 2.45) is 0 Å². The molecule has 1 atom stereocenters. The minimum atomic E-state index is -1.02. The van der Waals surface area contributed by atoms with Crippen LogP contribution >= 0.6 is 23.4 Å². The third-order valence-corrected chi connectivity index (χ3v) is 5.77. The second-order valence-corrected chi connectivity index (χ2v) is 8.14. The lowest BCUT2D eigenvalue weighted by Gasteiger charge is -2.16. The van der Waals surface area contributed by atoms with Crippen LogP contribution in [0.5, 0.6) is 5.75 Å². The van der Waals surface area contributed by atoms with E-state index in [1.165, 1.54) is 25.8 Å². The third kappa shape index (κ3) is 5.05. The molecule has 8 nitrogen and oxygen atoms in total. The van der Waals surface area contributed by atoms with E-state index in [9.17, 15) is 9.59 Å². The summed E-state index contributed by atoms with van der Waals surface area (Å²) in [6, 6.07) is 10.1. The Morgan fingerprint density at radius 1 is 1.16 bits per heavy atom. The summed E-state index contributed by atoms with van der Waals surface area (Å²) >= 11 is 7.57. The average molecular weight is 475 g/mol. The Morgan fingerprint density at radius 3 is 2.47 bits per heavy atom. The number of carbonyl (C=O) groups excluding carboxylic acids is 2. The zero-order chi connectivity index (χ0) is 23.4. The molecule has 2 aromatic carbocycles. The molecule has 0 fully saturated rings. The van der Waals surface area contributed by atoms with Crippen molar-refractivity contribution in [1.82, 2.24) is 14.8 Å². The fourth-order valence-corrected chi connectivity index (χ4v) is 3.66. The number of rotatable bonds is 7. The molecule has 0 saturated carbocycles. The molecule has 3 aromatic rings. The van der Waals surface area contributed by atoms with E-state index in [-0.39, 0.29) is 0 Å². The first-order chi connectivity index (χ1) is 15.2. The highest BCUT2D eigenvalue weighted by molar-refractivity contribution is 7.98. The molecule has 0 aliphatic carbocycles. The van der Waals surface area contributed by atoms with Gasteiger partial charge in [0.2, 0.25) is 0 Å². The van der Waals surface area contributed by atoms with Gasteiger partial charge in [-0.25, -0.2) is 4.79 Å². The van der Waals surface area contributed by atoms with E-state index in [1.54, 1.807) is 36.4 Å². The number of hydrogen-bond acceptors (Lipinski definition) is 7. The van der Waals surface area contributed by atoms with Crippen LogP contribution in [-0.2, 0) is 9.53 Å². The summed E-state index contributed by atoms with van der Waals surface area (Å²) in [6.45, 7) is 5.17. The first kappa shape index (κ1) is 23.6. The number of aromatic nitrogens is 3. The number of nitrogens with zero attached hydrogens (tertiary/aromatic N) is 3. The van der Waals surface area contributed by atoms with Crippen molar-refractivity contribution in [1.29, 1.82) is 0 Å². The summed E-state index contributed by atoms with van der Waals surface area (Å²) in [5.41, 5.74) is 2.37. The number of esters is 1. The number of benzene rings is 2. The second kappa shape index (κ2) is 10.1. The number of nitrogens with one attached hydrogen (secondary N) is 1. The summed E-state index contributed by atoms with van der Waals surface area (Å²) < 4.78 is 12.5. The fourth-order valence-electron chi connectivity index (χ4n) is 2.97. The highest BCUT2D eigenvalue weighted by Gasteiger charge is 2.21. The lowest BCUT2D eigenvalue weighted by Crippen LogP contribution is -2.30. The number of halogens is 1. The lowest BCUT2D eigenvalue weighted by molar-refractivity contribution is -0.123. The maximum atomic E-state index is 12.6. The number of anilines is 1. The van der Waals surface area contributed by atoms with Crippen LogP contribution in [0, 0.1) is 13.8 Å². The maximum absolute atomic E-state index is 12.6. The zero-order valence-corrected chi connectivity index (χ0v) is 19.9. The predicted molar refractivity (Wildman–Crippen MR) is 124 cm³/mol. The molecule has 1 N–H and O–H groups in total. The topological polar surface area (TPSA) is 95.3 Å². The highest BCUT2D eigenvalue weighted by Crippen LogP contribution is 2.31. The van der Waals surface area contributed by atoms with Crippen LogP contribution in [0.3, 0.4) is 0 Å². The number of thioether (sulfide) groups is 1. The molecule has 0 spiro atoms. The number of amides is 1. The molecule has 1 heterocycles. The van der Waals surface area contributed by atoms with Gasteiger partial charge in [0.05, 0.1) is 18.4 Å². The molecule has 1 amide bonds. The quantitative estimate of drug-likeness (QED) is 0.399. The zero-order valence-electron chi connectivity index (χ0n) is 18.3. The van der Waals surface area contributed by atoms with E-state index >= 15 is 0 Å². The van der Waals surface area contributed by atoms with Crippen LogP contribution in [0.2, 0.25) is 5.02 Å². The SMILES string of the molecule is COc1cc(Cl)c(C)cc1NC(=O)C(C)OC(=O)c1ccc(-n2c(C)nnc2SC)cc1. The summed E-state index contributed by atoms with van der Waals surface area (Å²) in [4.78, 5) is 25.1. The monoisotopic (exact) mass is 474 g/mol. The van der Waals surface area contributed by atoms with Crippen LogP contribution in [0.25, 0.3) is 5.69 Å². The van der Waals surface area contributed by atoms with Crippen molar-refractivity contribution in [3.05, 3.63) is 58.4 Å². The van der Waals surface area contributed by atoms with Gasteiger partial charge in [-0.15, -0.1) is 10.2 Å². The van der Waals surface area contributed by atoms with E-state index in [2.05, 4.69) is 15.5 Å². The molecule has 10 heteroatoms. The van der Waals surface area contributed by atoms with Crippen LogP contribution in [0.4, 0.5) is 5.69 Å². The van der Waals surface area contributed by atoms with Crippen molar-refractivity contribution < 1.29 is 19.1 Å². The van der Waals surface area contributed by atoms with Crippen LogP contribution in [-0.4, -0.2) is 46.1 Å². The first-order valence-electron chi connectivity index (χ1n) is 9.67. The van der Waals surface area contributed by atoms with Gasteiger partial charge in [-0.05, 0) is 62.9 Å². The molecule has 168 valence electrons. The van der Waals surface area contributed by atoms with Gasteiger partial charge in [-0.1, -0.05) is 23.4 Å². The predicted octanol–water partition coefficient (Wildman–Crippen LogP) is 4.45. The summed E-state index contributed by atoms with van der Waals surface area (Å²) in [5.74, 6) is 0.0588. The minimum Gasteiger partial charge on any atom is -0.495 e. The number of hydrogen-bond donors (Lipinski definition) is 1. The molecule has 1 aromatic heterocycles. The van der Waals surface area contributed by atoms with Crippen molar-refractivity contribution in [3.8, 4) is 11.4 Å². The molecule has 1 unspecified atom stereocenters. The Balaban J connectivity index is 1.68. The van der Waals surface area contributed by atoms with E-state index in [0.29, 0.717) is 22.0 Å². The summed E-state index contributed by atoms with van der Waals surface area (Å²) in [6.07, 6.45) is 0.894. The normalized spacial score (nSPS) is 11.7. The van der Waals surface area contributed by atoms with Gasteiger partial charge < -0.3 is 14.8 Å². The summed E-state index contributed by atoms with van der Waals surface area (Å²) in [5, 5.41) is 12.2. The van der Waals surface area contributed by atoms with Gasteiger partial charge in [0.1, 0.15) is 11.6 Å². The lowest BCUT2D eigenvalue weighted by atomic mass is 10.2. The van der Waals surface area contributed by atoms with Gasteiger partial charge in [-0.3, -0.25) is 9.36 Å². The molecule has 0 saturated heterocycles. The Labute approximate surface area is 195 Å². The van der Waals surface area contributed by atoms with E-state index in [4.69, 9.17) is 21.1 Å². The Bertz CT molecular complexity index is 1150. The van der Waals surface area contributed by atoms with Gasteiger partial charge in [0, 0.05) is 16.8 Å².